The first-order valence-corrected chi connectivity index (χ1v) is 12.0. The van der Waals surface area contributed by atoms with Gasteiger partial charge in [0.25, 0.3) is 0 Å². The van der Waals surface area contributed by atoms with Gasteiger partial charge >= 0.3 is 12.2 Å². The highest BCUT2D eigenvalue weighted by Crippen LogP contribution is 2.24. The minimum atomic E-state index is -0.592. The van der Waals surface area contributed by atoms with Crippen LogP contribution in [0, 0.1) is 0 Å². The van der Waals surface area contributed by atoms with Crippen LogP contribution in [-0.4, -0.2) is 54.0 Å². The SMILES string of the molecule is CC1=CCC(OC[C@H]2[C@@H](NC(=O)OC(C)(C)C)CCCN2C(=O)OCc2ccccc2)CC1. The Bertz CT molecular complexity index is 818. The lowest BCUT2D eigenvalue weighted by Crippen LogP contribution is -2.59. The first kappa shape index (κ1) is 25.1. The van der Waals surface area contributed by atoms with Crippen LogP contribution in [0.25, 0.3) is 0 Å². The summed E-state index contributed by atoms with van der Waals surface area (Å²) in [6, 6.07) is 9.03. The van der Waals surface area contributed by atoms with E-state index in [2.05, 4.69) is 18.3 Å². The van der Waals surface area contributed by atoms with Gasteiger partial charge in [0.2, 0.25) is 0 Å². The Kier molecular flexibility index (Phi) is 8.78. The molecular weight excluding hydrogens is 420 g/mol. The first-order valence-electron chi connectivity index (χ1n) is 12.0. The lowest BCUT2D eigenvalue weighted by atomic mass is 9.96. The smallest absolute Gasteiger partial charge is 0.410 e. The van der Waals surface area contributed by atoms with Crippen molar-refractivity contribution in [3.8, 4) is 0 Å². The van der Waals surface area contributed by atoms with Crippen molar-refractivity contribution >= 4 is 12.2 Å². The molecule has 7 heteroatoms. The fraction of sp³-hybridized carbons (Fsp3) is 0.615. The molecular formula is C26H38N2O5. The van der Waals surface area contributed by atoms with Gasteiger partial charge in [-0.15, -0.1) is 0 Å². The molecule has 0 saturated carbocycles. The third-order valence-electron chi connectivity index (χ3n) is 6.01. The first-order chi connectivity index (χ1) is 15.7. The van der Waals surface area contributed by atoms with Crippen LogP contribution < -0.4 is 5.32 Å². The molecule has 1 fully saturated rings. The second kappa shape index (κ2) is 11.5. The molecule has 1 aliphatic carbocycles. The fourth-order valence-corrected chi connectivity index (χ4v) is 4.25. The molecule has 3 rings (SSSR count). The van der Waals surface area contributed by atoms with E-state index < -0.39 is 11.7 Å². The third-order valence-corrected chi connectivity index (χ3v) is 6.01. The van der Waals surface area contributed by atoms with E-state index in [1.54, 1.807) is 4.90 Å². The highest BCUT2D eigenvalue weighted by Gasteiger charge is 2.37. The number of alkyl carbamates (subject to hydrolysis) is 1. The number of rotatable bonds is 6. The van der Waals surface area contributed by atoms with Crippen molar-refractivity contribution in [2.24, 2.45) is 0 Å². The van der Waals surface area contributed by atoms with Gasteiger partial charge in [-0.1, -0.05) is 42.0 Å². The van der Waals surface area contributed by atoms with Crippen LogP contribution in [0.1, 0.15) is 65.4 Å². The summed E-state index contributed by atoms with van der Waals surface area (Å²) in [5.41, 5.74) is 1.73. The Hall–Kier alpha value is -2.54. The molecule has 0 aromatic heterocycles. The van der Waals surface area contributed by atoms with Gasteiger partial charge in [0.1, 0.15) is 12.2 Å². The quantitative estimate of drug-likeness (QED) is 0.593. The average Bonchev–Trinajstić information content (AvgIpc) is 2.77. The summed E-state index contributed by atoms with van der Waals surface area (Å²) in [4.78, 5) is 27.2. The predicted octanol–water partition coefficient (Wildman–Crippen LogP) is 5.20. The molecule has 0 bridgehead atoms. The van der Waals surface area contributed by atoms with Crippen molar-refractivity contribution < 1.29 is 23.8 Å². The lowest BCUT2D eigenvalue weighted by molar-refractivity contribution is -0.0216. The van der Waals surface area contributed by atoms with Crippen molar-refractivity contribution in [2.45, 2.75) is 90.2 Å². The molecule has 182 valence electrons. The lowest BCUT2D eigenvalue weighted by Gasteiger charge is -2.41. The molecule has 1 aromatic rings. The number of ether oxygens (including phenoxy) is 3. The molecule has 3 atom stereocenters. The second-order valence-corrected chi connectivity index (χ2v) is 9.98. The number of amides is 2. The number of carbonyl (C=O) groups is 2. The molecule has 1 saturated heterocycles. The second-order valence-electron chi connectivity index (χ2n) is 9.98. The summed E-state index contributed by atoms with van der Waals surface area (Å²) >= 11 is 0. The zero-order chi connectivity index (χ0) is 23.8. The van der Waals surface area contributed by atoms with Gasteiger partial charge < -0.3 is 24.4 Å². The maximum atomic E-state index is 13.0. The van der Waals surface area contributed by atoms with Crippen molar-refractivity contribution in [1.29, 1.82) is 0 Å². The molecule has 33 heavy (non-hydrogen) atoms. The van der Waals surface area contributed by atoms with Crippen LogP contribution in [0.2, 0.25) is 0 Å². The van der Waals surface area contributed by atoms with Crippen molar-refractivity contribution in [3.63, 3.8) is 0 Å². The molecule has 2 amide bonds. The molecule has 1 N–H and O–H groups in total. The van der Waals surface area contributed by atoms with Crippen molar-refractivity contribution in [2.75, 3.05) is 13.2 Å². The number of piperidine rings is 1. The van der Waals surface area contributed by atoms with Crippen LogP contribution in [-0.2, 0) is 20.8 Å². The Morgan fingerprint density at radius 1 is 1.15 bits per heavy atom. The maximum absolute atomic E-state index is 13.0. The minimum absolute atomic E-state index is 0.125. The monoisotopic (exact) mass is 458 g/mol. The molecule has 1 aliphatic heterocycles. The van der Waals surface area contributed by atoms with Gasteiger partial charge in [0.05, 0.1) is 24.8 Å². The molecule has 0 spiro atoms. The van der Waals surface area contributed by atoms with Crippen LogP contribution in [0.3, 0.4) is 0 Å². The van der Waals surface area contributed by atoms with Crippen LogP contribution in [0.5, 0.6) is 0 Å². The van der Waals surface area contributed by atoms with E-state index in [1.807, 2.05) is 51.1 Å². The Morgan fingerprint density at radius 3 is 2.58 bits per heavy atom. The number of nitrogens with zero attached hydrogens (tertiary/aromatic N) is 1. The van der Waals surface area contributed by atoms with Gasteiger partial charge in [0.15, 0.2) is 0 Å². The normalized spacial score (nSPS) is 23.5. The molecule has 2 aliphatic rings. The van der Waals surface area contributed by atoms with Crippen LogP contribution in [0.4, 0.5) is 9.59 Å². The summed E-state index contributed by atoms with van der Waals surface area (Å²) in [5.74, 6) is 0. The highest BCUT2D eigenvalue weighted by atomic mass is 16.6. The van der Waals surface area contributed by atoms with E-state index in [-0.39, 0.29) is 30.9 Å². The predicted molar refractivity (Wildman–Crippen MR) is 127 cm³/mol. The van der Waals surface area contributed by atoms with E-state index in [1.165, 1.54) is 5.57 Å². The number of allylic oxidation sites excluding steroid dienone is 1. The van der Waals surface area contributed by atoms with Crippen molar-refractivity contribution in [3.05, 3.63) is 47.5 Å². The van der Waals surface area contributed by atoms with E-state index in [9.17, 15) is 9.59 Å². The standard InChI is InChI=1S/C26H38N2O5/c1-19-12-14-21(15-13-19)31-18-23-22(27-24(29)33-26(2,3)4)11-8-16-28(23)25(30)32-17-20-9-6-5-7-10-20/h5-7,9-10,12,21-23H,8,11,13-18H2,1-4H3,(H,27,29)/t21?,22-,23-/m0/s1. The molecule has 1 unspecified atom stereocenters. The number of hydrogen-bond acceptors (Lipinski definition) is 5. The topological polar surface area (TPSA) is 77.1 Å². The van der Waals surface area contributed by atoms with E-state index >= 15 is 0 Å². The zero-order valence-electron chi connectivity index (χ0n) is 20.3. The Balaban J connectivity index is 1.66. The van der Waals surface area contributed by atoms with E-state index in [0.717, 1.165) is 37.7 Å². The van der Waals surface area contributed by atoms with Gasteiger partial charge in [-0.3, -0.25) is 0 Å². The fourth-order valence-electron chi connectivity index (χ4n) is 4.25. The van der Waals surface area contributed by atoms with Crippen LogP contribution >= 0.6 is 0 Å². The summed E-state index contributed by atoms with van der Waals surface area (Å²) in [5, 5.41) is 2.98. The number of carbonyl (C=O) groups excluding carboxylic acids is 2. The largest absolute Gasteiger partial charge is 0.445 e. The maximum Gasteiger partial charge on any atom is 0.410 e. The zero-order valence-corrected chi connectivity index (χ0v) is 20.3. The number of benzene rings is 1. The Morgan fingerprint density at radius 2 is 1.91 bits per heavy atom. The summed E-state index contributed by atoms with van der Waals surface area (Å²) < 4.78 is 17.3. The minimum Gasteiger partial charge on any atom is -0.445 e. The van der Waals surface area contributed by atoms with Crippen molar-refractivity contribution in [1.82, 2.24) is 10.2 Å². The van der Waals surface area contributed by atoms with Gasteiger partial charge in [-0.2, -0.15) is 0 Å². The molecule has 7 nitrogen and oxygen atoms in total. The van der Waals surface area contributed by atoms with Gasteiger partial charge in [0, 0.05) is 6.54 Å². The summed E-state index contributed by atoms with van der Waals surface area (Å²) in [7, 11) is 0. The number of likely N-dealkylation sites (tertiary alicyclic amines) is 1. The van der Waals surface area contributed by atoms with Gasteiger partial charge in [-0.25, -0.2) is 9.59 Å². The Labute approximate surface area is 197 Å². The average molecular weight is 459 g/mol. The molecule has 1 aromatic carbocycles. The van der Waals surface area contributed by atoms with Crippen LogP contribution in [0.15, 0.2) is 42.0 Å². The van der Waals surface area contributed by atoms with Gasteiger partial charge in [-0.05, 0) is 65.4 Å². The summed E-state index contributed by atoms with van der Waals surface area (Å²) in [6.45, 7) is 8.76. The van der Waals surface area contributed by atoms with E-state index in [0.29, 0.717) is 13.2 Å². The molecule has 1 heterocycles. The van der Waals surface area contributed by atoms with E-state index in [4.69, 9.17) is 14.2 Å². The highest BCUT2D eigenvalue weighted by molar-refractivity contribution is 5.70. The third kappa shape index (κ3) is 8.07. The summed E-state index contributed by atoms with van der Waals surface area (Å²) in [6.07, 6.45) is 5.87. The number of nitrogens with one attached hydrogen (secondary N) is 1. The molecule has 0 radical (unpaired) electrons. The number of hydrogen-bond donors (Lipinski definition) is 1.